The normalized spacial score (nSPS) is 12.0. The predicted octanol–water partition coefficient (Wildman–Crippen LogP) is 11.8. The van der Waals surface area contributed by atoms with Crippen molar-refractivity contribution in [2.24, 2.45) is 0 Å². The zero-order valence-electron chi connectivity index (χ0n) is 21.6. The van der Waals surface area contributed by atoms with Crippen molar-refractivity contribution in [3.05, 3.63) is 83.7 Å². The van der Waals surface area contributed by atoms with Crippen LogP contribution >= 0.6 is 22.7 Å². The van der Waals surface area contributed by atoms with Gasteiger partial charge in [-0.2, -0.15) is 0 Å². The van der Waals surface area contributed by atoms with Gasteiger partial charge in [0.05, 0.1) is 0 Å². The molecule has 0 aliphatic rings. The van der Waals surface area contributed by atoms with Crippen molar-refractivity contribution in [1.82, 2.24) is 0 Å². The summed E-state index contributed by atoms with van der Waals surface area (Å²) in [5.41, 5.74) is 4.67. The van der Waals surface area contributed by atoms with Crippen LogP contribution < -0.4 is 0 Å². The number of aryl methyl sites for hydroxylation is 1. The molecule has 0 spiro atoms. The third-order valence-corrected chi connectivity index (χ3v) is 10.0. The van der Waals surface area contributed by atoms with Gasteiger partial charge in [-0.05, 0) is 79.1 Å². The van der Waals surface area contributed by atoms with Gasteiger partial charge in [0, 0.05) is 41.1 Å². The number of hydrogen-bond donors (Lipinski definition) is 0. The average Bonchev–Trinajstić information content (AvgIpc) is 3.73. The van der Waals surface area contributed by atoms with Gasteiger partial charge in [-0.3, -0.25) is 0 Å². The van der Waals surface area contributed by atoms with Crippen LogP contribution in [0.3, 0.4) is 0 Å². The van der Waals surface area contributed by atoms with Crippen molar-refractivity contribution in [2.45, 2.75) is 51.9 Å². The monoisotopic (exact) mass is 534 g/mol. The molecule has 2 nitrogen and oxygen atoms in total. The predicted molar refractivity (Wildman–Crippen MR) is 165 cm³/mol. The molecule has 0 radical (unpaired) electrons. The number of benzene rings is 3. The second-order valence-corrected chi connectivity index (χ2v) is 12.4. The van der Waals surface area contributed by atoms with Crippen molar-refractivity contribution >= 4 is 66.6 Å². The van der Waals surface area contributed by atoms with Crippen LogP contribution in [0.5, 0.6) is 0 Å². The van der Waals surface area contributed by atoms with E-state index in [0.717, 1.165) is 43.9 Å². The lowest BCUT2D eigenvalue weighted by atomic mass is 10.1. The lowest BCUT2D eigenvalue weighted by Gasteiger charge is -1.99. The van der Waals surface area contributed by atoms with E-state index in [9.17, 15) is 0 Å². The Morgan fingerprint density at radius 1 is 0.553 bits per heavy atom. The van der Waals surface area contributed by atoms with E-state index in [-0.39, 0.29) is 0 Å². The van der Waals surface area contributed by atoms with Crippen LogP contribution in [0.4, 0.5) is 0 Å². The van der Waals surface area contributed by atoms with Crippen molar-refractivity contribution in [3.8, 4) is 20.2 Å². The van der Waals surface area contributed by atoms with Crippen molar-refractivity contribution < 1.29 is 8.83 Å². The highest BCUT2D eigenvalue weighted by atomic mass is 32.1. The average molecular weight is 535 g/mol. The van der Waals surface area contributed by atoms with Gasteiger partial charge in [-0.25, -0.2) is 0 Å². The van der Waals surface area contributed by atoms with E-state index in [2.05, 4.69) is 67.6 Å². The van der Waals surface area contributed by atoms with Crippen LogP contribution in [0.2, 0.25) is 0 Å². The molecule has 4 heterocycles. The lowest BCUT2D eigenvalue weighted by Crippen LogP contribution is -1.82. The molecule has 0 saturated heterocycles. The molecule has 0 saturated carbocycles. The molecule has 0 aliphatic heterocycles. The highest BCUT2D eigenvalue weighted by Gasteiger charge is 2.16. The first-order valence-electron chi connectivity index (χ1n) is 13.7. The summed E-state index contributed by atoms with van der Waals surface area (Å²) in [5.74, 6) is 0. The van der Waals surface area contributed by atoms with Crippen LogP contribution in [0.1, 0.15) is 50.3 Å². The Morgan fingerprint density at radius 3 is 2.11 bits per heavy atom. The first kappa shape index (κ1) is 23.8. The third-order valence-electron chi connectivity index (χ3n) is 7.55. The van der Waals surface area contributed by atoms with Crippen molar-refractivity contribution in [2.75, 3.05) is 0 Å². The minimum atomic E-state index is 0.828. The summed E-state index contributed by atoms with van der Waals surface area (Å²) in [7, 11) is 0. The molecule has 0 amide bonds. The molecule has 7 rings (SSSR count). The summed E-state index contributed by atoms with van der Waals surface area (Å²) in [6, 6.07) is 28.2. The van der Waals surface area contributed by atoms with Gasteiger partial charge in [0.15, 0.2) is 11.2 Å². The quantitative estimate of drug-likeness (QED) is 0.172. The van der Waals surface area contributed by atoms with Crippen LogP contribution in [-0.2, 0) is 6.42 Å². The van der Waals surface area contributed by atoms with E-state index in [0.29, 0.717) is 0 Å². The van der Waals surface area contributed by atoms with Gasteiger partial charge in [-0.15, -0.1) is 22.7 Å². The molecule has 38 heavy (non-hydrogen) atoms. The lowest BCUT2D eigenvalue weighted by molar-refractivity contribution is 0.609. The first-order chi connectivity index (χ1) is 18.8. The number of thiophene rings is 2. The standard InChI is InChI=1S/C34H30O2S2/c1-2-3-4-5-6-7-10-23-14-18-31(37-23)32-20-19-30(38-32)22-13-17-29-27(21-22)26-16-15-25-24-11-8-9-12-28(24)35-33(25)34(26)36-29/h8-9,11-21H,2-7,10H2,1H3. The SMILES string of the molecule is CCCCCCCCc1ccc(-c2ccc(-c3ccc4oc5c(ccc6c7ccccc7oc65)c4c3)s2)s1. The van der Waals surface area contributed by atoms with Crippen LogP contribution in [0.25, 0.3) is 64.1 Å². The molecule has 0 N–H and O–H groups in total. The Morgan fingerprint density at radius 2 is 1.24 bits per heavy atom. The maximum atomic E-state index is 6.33. The van der Waals surface area contributed by atoms with E-state index in [4.69, 9.17) is 8.83 Å². The Balaban J connectivity index is 1.15. The second kappa shape index (κ2) is 10.1. The molecule has 0 aliphatic carbocycles. The van der Waals surface area contributed by atoms with Crippen LogP contribution in [0.15, 0.2) is 87.7 Å². The highest BCUT2D eigenvalue weighted by molar-refractivity contribution is 7.23. The highest BCUT2D eigenvalue weighted by Crippen LogP contribution is 2.42. The number of rotatable bonds is 9. The Kier molecular flexibility index (Phi) is 6.31. The molecule has 3 aromatic carbocycles. The molecule has 0 atom stereocenters. The van der Waals surface area contributed by atoms with Gasteiger partial charge in [0.25, 0.3) is 0 Å². The van der Waals surface area contributed by atoms with Gasteiger partial charge in [-0.1, -0.05) is 57.2 Å². The fraction of sp³-hybridized carbons (Fsp3) is 0.235. The molecule has 7 aromatic rings. The number of hydrogen-bond acceptors (Lipinski definition) is 4. The summed E-state index contributed by atoms with van der Waals surface area (Å²) in [4.78, 5) is 5.52. The molecule has 0 unspecified atom stereocenters. The molecular weight excluding hydrogens is 505 g/mol. The second-order valence-electron chi connectivity index (χ2n) is 10.2. The summed E-state index contributed by atoms with van der Waals surface area (Å²) in [5, 5.41) is 4.46. The summed E-state index contributed by atoms with van der Waals surface area (Å²) in [6.45, 7) is 2.28. The molecule has 0 bridgehead atoms. The van der Waals surface area contributed by atoms with E-state index in [1.54, 1.807) is 0 Å². The van der Waals surface area contributed by atoms with E-state index >= 15 is 0 Å². The smallest absolute Gasteiger partial charge is 0.178 e. The van der Waals surface area contributed by atoms with Gasteiger partial charge >= 0.3 is 0 Å². The largest absolute Gasteiger partial charge is 0.452 e. The number of fused-ring (bicyclic) bond motifs is 7. The summed E-state index contributed by atoms with van der Waals surface area (Å²) < 4.78 is 12.6. The van der Waals surface area contributed by atoms with Crippen LogP contribution in [-0.4, -0.2) is 0 Å². The van der Waals surface area contributed by atoms with Crippen molar-refractivity contribution in [3.63, 3.8) is 0 Å². The Labute approximate surface area is 230 Å². The zero-order valence-corrected chi connectivity index (χ0v) is 23.2. The number of furan rings is 2. The summed E-state index contributed by atoms with van der Waals surface area (Å²) in [6.07, 6.45) is 9.31. The first-order valence-corrected chi connectivity index (χ1v) is 15.4. The fourth-order valence-electron chi connectivity index (χ4n) is 5.52. The minimum absolute atomic E-state index is 0.828. The van der Waals surface area contributed by atoms with Gasteiger partial charge in [0.1, 0.15) is 11.2 Å². The van der Waals surface area contributed by atoms with Crippen LogP contribution in [0, 0.1) is 0 Å². The molecular formula is C34H30O2S2. The van der Waals surface area contributed by atoms with E-state index in [1.807, 2.05) is 40.9 Å². The maximum Gasteiger partial charge on any atom is 0.178 e. The zero-order chi connectivity index (χ0) is 25.5. The molecule has 4 aromatic heterocycles. The van der Waals surface area contributed by atoms with E-state index < -0.39 is 0 Å². The summed E-state index contributed by atoms with van der Waals surface area (Å²) >= 11 is 3.83. The van der Waals surface area contributed by atoms with Gasteiger partial charge in [0.2, 0.25) is 0 Å². The molecule has 190 valence electrons. The Hall–Kier alpha value is -3.34. The Bertz CT molecular complexity index is 1880. The maximum absolute atomic E-state index is 6.33. The molecule has 4 heteroatoms. The topological polar surface area (TPSA) is 26.3 Å². The van der Waals surface area contributed by atoms with E-state index in [1.165, 1.54) is 70.0 Å². The number of unbranched alkanes of at least 4 members (excludes halogenated alkanes) is 5. The van der Waals surface area contributed by atoms with Gasteiger partial charge < -0.3 is 8.83 Å². The molecule has 0 fully saturated rings. The number of para-hydroxylation sites is 1. The van der Waals surface area contributed by atoms with Crippen molar-refractivity contribution in [1.29, 1.82) is 0 Å². The fourth-order valence-corrected chi connectivity index (χ4v) is 7.66. The third kappa shape index (κ3) is 4.26. The minimum Gasteiger partial charge on any atom is -0.452 e.